The van der Waals surface area contributed by atoms with E-state index in [0.717, 1.165) is 17.7 Å². The number of rotatable bonds is 4. The van der Waals surface area contributed by atoms with Gasteiger partial charge in [-0.25, -0.2) is 0 Å². The monoisotopic (exact) mass is 328 g/mol. The summed E-state index contributed by atoms with van der Waals surface area (Å²) >= 11 is 12.1. The Kier molecular flexibility index (Phi) is 4.65. The van der Waals surface area contributed by atoms with Gasteiger partial charge in [0.25, 0.3) is 0 Å². The SMILES string of the molecule is CC(Nc1ccc(F)c([N+](=O)[O-])c1)c1cccc(Cl)c1Cl. The Balaban J connectivity index is 2.27. The Hall–Kier alpha value is -1.85. The summed E-state index contributed by atoms with van der Waals surface area (Å²) in [6.45, 7) is 1.83. The van der Waals surface area contributed by atoms with Gasteiger partial charge < -0.3 is 5.32 Å². The summed E-state index contributed by atoms with van der Waals surface area (Å²) in [5.41, 5.74) is 0.590. The second-order valence-corrected chi connectivity index (χ2v) is 5.22. The highest BCUT2D eigenvalue weighted by molar-refractivity contribution is 6.42. The molecule has 0 aliphatic rings. The van der Waals surface area contributed by atoms with Crippen molar-refractivity contribution in [1.29, 1.82) is 0 Å². The second-order valence-electron chi connectivity index (χ2n) is 4.43. The van der Waals surface area contributed by atoms with E-state index in [-0.39, 0.29) is 6.04 Å². The fraction of sp³-hybridized carbons (Fsp3) is 0.143. The lowest BCUT2D eigenvalue weighted by Crippen LogP contribution is -2.08. The summed E-state index contributed by atoms with van der Waals surface area (Å²) in [5, 5.41) is 14.6. The molecule has 1 N–H and O–H groups in total. The van der Waals surface area contributed by atoms with Gasteiger partial charge in [-0.15, -0.1) is 0 Å². The minimum atomic E-state index is -0.876. The highest BCUT2D eigenvalue weighted by Gasteiger charge is 2.16. The summed E-state index contributed by atoms with van der Waals surface area (Å²) in [4.78, 5) is 9.96. The van der Waals surface area contributed by atoms with Crippen molar-refractivity contribution in [2.45, 2.75) is 13.0 Å². The van der Waals surface area contributed by atoms with E-state index in [1.165, 1.54) is 6.07 Å². The maximum absolute atomic E-state index is 13.3. The third kappa shape index (κ3) is 3.43. The lowest BCUT2D eigenvalue weighted by Gasteiger charge is -2.17. The van der Waals surface area contributed by atoms with Crippen LogP contribution >= 0.6 is 23.2 Å². The molecule has 0 bridgehead atoms. The van der Waals surface area contributed by atoms with E-state index in [4.69, 9.17) is 23.2 Å². The Labute approximate surface area is 130 Å². The molecule has 2 aromatic carbocycles. The van der Waals surface area contributed by atoms with Crippen molar-refractivity contribution >= 4 is 34.6 Å². The molecule has 0 aliphatic carbocycles. The molecule has 0 aromatic heterocycles. The summed E-state index contributed by atoms with van der Waals surface area (Å²) in [5.74, 6) is -0.876. The molecule has 0 amide bonds. The van der Waals surface area contributed by atoms with Crippen molar-refractivity contribution < 1.29 is 9.31 Å². The van der Waals surface area contributed by atoms with Crippen molar-refractivity contribution in [2.24, 2.45) is 0 Å². The van der Waals surface area contributed by atoms with E-state index in [2.05, 4.69) is 5.32 Å². The molecule has 110 valence electrons. The minimum absolute atomic E-state index is 0.249. The van der Waals surface area contributed by atoms with E-state index in [9.17, 15) is 14.5 Å². The van der Waals surface area contributed by atoms with Gasteiger partial charge in [-0.1, -0.05) is 35.3 Å². The van der Waals surface area contributed by atoms with Crippen LogP contribution in [0.3, 0.4) is 0 Å². The highest BCUT2D eigenvalue weighted by Crippen LogP contribution is 2.32. The first kappa shape index (κ1) is 15.5. The molecule has 2 aromatic rings. The zero-order chi connectivity index (χ0) is 15.6. The van der Waals surface area contributed by atoms with Gasteiger partial charge in [0.15, 0.2) is 0 Å². The van der Waals surface area contributed by atoms with Crippen LogP contribution in [0.1, 0.15) is 18.5 Å². The molecule has 0 saturated heterocycles. The predicted molar refractivity (Wildman–Crippen MR) is 81.6 cm³/mol. The molecule has 0 radical (unpaired) electrons. The molecule has 7 heteroatoms. The Morgan fingerprint density at radius 1 is 1.29 bits per heavy atom. The minimum Gasteiger partial charge on any atom is -0.378 e. The molecule has 0 spiro atoms. The van der Waals surface area contributed by atoms with Crippen LogP contribution < -0.4 is 5.32 Å². The summed E-state index contributed by atoms with van der Waals surface area (Å²) in [6.07, 6.45) is 0. The lowest BCUT2D eigenvalue weighted by atomic mass is 10.1. The fourth-order valence-corrected chi connectivity index (χ4v) is 2.40. The number of nitro benzene ring substituents is 1. The van der Waals surface area contributed by atoms with E-state index in [0.29, 0.717) is 15.7 Å². The third-order valence-corrected chi connectivity index (χ3v) is 3.81. The molecular weight excluding hydrogens is 318 g/mol. The average Bonchev–Trinajstić information content (AvgIpc) is 2.43. The molecule has 4 nitrogen and oxygen atoms in total. The Bertz CT molecular complexity index is 695. The molecule has 2 rings (SSSR count). The largest absolute Gasteiger partial charge is 0.378 e. The standard InChI is InChI=1S/C14H11Cl2FN2O2/c1-8(10-3-2-4-11(15)14(10)16)18-9-5-6-12(17)13(7-9)19(20)21/h2-8,18H,1H3. The first-order valence-corrected chi connectivity index (χ1v) is 6.80. The summed E-state index contributed by atoms with van der Waals surface area (Å²) < 4.78 is 13.3. The van der Waals surface area contributed by atoms with Crippen LogP contribution in [0.2, 0.25) is 10.0 Å². The van der Waals surface area contributed by atoms with Gasteiger partial charge in [-0.3, -0.25) is 10.1 Å². The van der Waals surface area contributed by atoms with E-state index in [1.807, 2.05) is 6.92 Å². The molecule has 0 heterocycles. The molecular formula is C14H11Cl2FN2O2. The quantitative estimate of drug-likeness (QED) is 0.618. The van der Waals surface area contributed by atoms with Gasteiger partial charge in [0.05, 0.1) is 21.0 Å². The van der Waals surface area contributed by atoms with E-state index < -0.39 is 16.4 Å². The number of nitrogens with zero attached hydrogens (tertiary/aromatic N) is 1. The van der Waals surface area contributed by atoms with Crippen LogP contribution in [-0.4, -0.2) is 4.92 Å². The predicted octanol–water partition coefficient (Wildman–Crippen LogP) is 5.21. The molecule has 0 aliphatic heterocycles. The van der Waals surface area contributed by atoms with Crippen molar-refractivity contribution in [1.82, 2.24) is 0 Å². The van der Waals surface area contributed by atoms with Crippen LogP contribution in [0.25, 0.3) is 0 Å². The molecule has 21 heavy (non-hydrogen) atoms. The fourth-order valence-electron chi connectivity index (χ4n) is 1.93. The average molecular weight is 329 g/mol. The van der Waals surface area contributed by atoms with Gasteiger partial charge >= 0.3 is 5.69 Å². The zero-order valence-electron chi connectivity index (χ0n) is 10.9. The topological polar surface area (TPSA) is 55.2 Å². The third-order valence-electron chi connectivity index (χ3n) is 2.97. The number of anilines is 1. The maximum Gasteiger partial charge on any atom is 0.306 e. The summed E-state index contributed by atoms with van der Waals surface area (Å²) in [6, 6.07) is 8.59. The molecule has 1 unspecified atom stereocenters. The van der Waals surface area contributed by atoms with Gasteiger partial charge in [0.1, 0.15) is 0 Å². The molecule has 0 saturated carbocycles. The number of hydrogen-bond acceptors (Lipinski definition) is 3. The first-order chi connectivity index (χ1) is 9.90. The van der Waals surface area contributed by atoms with Crippen LogP contribution in [0.15, 0.2) is 36.4 Å². The molecule has 0 fully saturated rings. The summed E-state index contributed by atoms with van der Waals surface area (Å²) in [7, 11) is 0. The highest BCUT2D eigenvalue weighted by atomic mass is 35.5. The van der Waals surface area contributed by atoms with E-state index in [1.54, 1.807) is 18.2 Å². The number of halogens is 3. The smallest absolute Gasteiger partial charge is 0.306 e. The Morgan fingerprint density at radius 3 is 2.67 bits per heavy atom. The zero-order valence-corrected chi connectivity index (χ0v) is 12.5. The number of hydrogen-bond donors (Lipinski definition) is 1. The van der Waals surface area contributed by atoms with Crippen molar-refractivity contribution in [2.75, 3.05) is 5.32 Å². The van der Waals surface area contributed by atoms with Gasteiger partial charge in [0, 0.05) is 11.8 Å². The number of nitro groups is 1. The van der Waals surface area contributed by atoms with Gasteiger partial charge in [-0.05, 0) is 30.7 Å². The number of benzene rings is 2. The normalized spacial score (nSPS) is 12.0. The van der Waals surface area contributed by atoms with Crippen molar-refractivity contribution in [3.63, 3.8) is 0 Å². The van der Waals surface area contributed by atoms with Crippen molar-refractivity contribution in [3.8, 4) is 0 Å². The van der Waals surface area contributed by atoms with Gasteiger partial charge in [-0.2, -0.15) is 4.39 Å². The van der Waals surface area contributed by atoms with Crippen LogP contribution in [0, 0.1) is 15.9 Å². The van der Waals surface area contributed by atoms with Crippen LogP contribution in [-0.2, 0) is 0 Å². The number of nitrogens with one attached hydrogen (secondary N) is 1. The van der Waals surface area contributed by atoms with E-state index >= 15 is 0 Å². The molecule has 1 atom stereocenters. The van der Waals surface area contributed by atoms with Gasteiger partial charge in [0.2, 0.25) is 5.82 Å². The first-order valence-electron chi connectivity index (χ1n) is 6.04. The van der Waals surface area contributed by atoms with Crippen LogP contribution in [0.5, 0.6) is 0 Å². The lowest BCUT2D eigenvalue weighted by molar-refractivity contribution is -0.387. The maximum atomic E-state index is 13.3. The van der Waals surface area contributed by atoms with Crippen LogP contribution in [0.4, 0.5) is 15.8 Å². The Morgan fingerprint density at radius 2 is 2.00 bits per heavy atom. The van der Waals surface area contributed by atoms with Crippen molar-refractivity contribution in [3.05, 3.63) is 67.9 Å². The second kappa shape index (κ2) is 6.28.